The molecule has 4 aromatic rings. The van der Waals surface area contributed by atoms with Gasteiger partial charge in [-0.15, -0.1) is 0 Å². The van der Waals surface area contributed by atoms with Crippen LogP contribution in [0.2, 0.25) is 0 Å². The Morgan fingerprint density at radius 2 is 1.90 bits per heavy atom. The van der Waals surface area contributed by atoms with Crippen molar-refractivity contribution >= 4 is 34.4 Å². The lowest BCUT2D eigenvalue weighted by atomic mass is 10.1. The number of nitrogens with zero attached hydrogens (tertiary/aromatic N) is 3. The van der Waals surface area contributed by atoms with Crippen LogP contribution in [0.25, 0.3) is 11.0 Å². The first-order chi connectivity index (χ1) is 14.5. The summed E-state index contributed by atoms with van der Waals surface area (Å²) in [5.74, 6) is 1.51. The van der Waals surface area contributed by atoms with Gasteiger partial charge < -0.3 is 14.8 Å². The van der Waals surface area contributed by atoms with Gasteiger partial charge in [-0.25, -0.2) is 4.98 Å². The van der Waals surface area contributed by atoms with Crippen LogP contribution in [0.4, 0.5) is 5.69 Å². The van der Waals surface area contributed by atoms with Crippen molar-refractivity contribution in [2.45, 2.75) is 44.5 Å². The third kappa shape index (κ3) is 4.88. The summed E-state index contributed by atoms with van der Waals surface area (Å²) in [5.41, 5.74) is 6.12. The first kappa shape index (κ1) is 20.2. The van der Waals surface area contributed by atoms with Gasteiger partial charge in [-0.2, -0.15) is 4.98 Å². The number of fused-ring (bicyclic) bond motifs is 1. The Bertz CT molecular complexity index is 1200. The minimum absolute atomic E-state index is 0.0737. The molecule has 1 amide bonds. The smallest absolute Gasteiger partial charge is 0.227 e. The molecule has 8 heteroatoms. The molecule has 30 heavy (non-hydrogen) atoms. The van der Waals surface area contributed by atoms with Crippen LogP contribution in [-0.4, -0.2) is 26.0 Å². The molecule has 0 radical (unpaired) electrons. The third-order valence-corrected chi connectivity index (χ3v) is 5.57. The summed E-state index contributed by atoms with van der Waals surface area (Å²) in [6, 6.07) is 12.1. The molecule has 2 heterocycles. The average Bonchev–Trinajstić information content (AvgIpc) is 3.33. The average molecular weight is 422 g/mol. The maximum atomic E-state index is 12.3. The number of rotatable bonds is 7. The summed E-state index contributed by atoms with van der Waals surface area (Å²) < 4.78 is 5.29. The van der Waals surface area contributed by atoms with E-state index in [1.54, 1.807) is 0 Å². The topological polar surface area (TPSA) is 96.7 Å². The molecule has 0 aliphatic carbocycles. The number of benzene rings is 2. The number of aryl methyl sites for hydroxylation is 4. The molecule has 154 valence electrons. The fraction of sp³-hybridized carbons (Fsp3) is 0.273. The molecule has 2 aromatic carbocycles. The van der Waals surface area contributed by atoms with E-state index in [0.29, 0.717) is 23.9 Å². The fourth-order valence-electron chi connectivity index (χ4n) is 3.06. The van der Waals surface area contributed by atoms with Gasteiger partial charge >= 0.3 is 0 Å². The lowest BCUT2D eigenvalue weighted by Crippen LogP contribution is -2.13. The van der Waals surface area contributed by atoms with Gasteiger partial charge in [0.15, 0.2) is 11.0 Å². The molecule has 2 N–H and O–H groups in total. The molecule has 0 bridgehead atoms. The van der Waals surface area contributed by atoms with Crippen molar-refractivity contribution in [3.05, 3.63) is 64.8 Å². The number of amides is 1. The highest BCUT2D eigenvalue weighted by Gasteiger charge is 2.12. The minimum atomic E-state index is -0.0737. The maximum absolute atomic E-state index is 12.3. The summed E-state index contributed by atoms with van der Waals surface area (Å²) in [4.78, 5) is 24.5. The molecule has 4 rings (SSSR count). The molecule has 7 nitrogen and oxygen atoms in total. The second kappa shape index (κ2) is 8.71. The van der Waals surface area contributed by atoms with Gasteiger partial charge in [0.05, 0.1) is 16.8 Å². The number of nitrogens with one attached hydrogen (secondary N) is 2. The highest BCUT2D eigenvalue weighted by atomic mass is 32.2. The zero-order valence-corrected chi connectivity index (χ0v) is 18.0. The number of carbonyl (C=O) groups excluding carboxylic acids is 1. The van der Waals surface area contributed by atoms with Gasteiger partial charge in [-0.3, -0.25) is 4.79 Å². The van der Waals surface area contributed by atoms with Crippen LogP contribution in [0.15, 0.2) is 46.1 Å². The number of thioether (sulfide) groups is 1. The quantitative estimate of drug-likeness (QED) is 0.419. The van der Waals surface area contributed by atoms with Gasteiger partial charge in [-0.1, -0.05) is 35.1 Å². The molecule has 0 saturated carbocycles. The number of H-pyrrole nitrogens is 1. The maximum Gasteiger partial charge on any atom is 0.227 e. The molecule has 0 unspecified atom stereocenters. The van der Waals surface area contributed by atoms with Gasteiger partial charge in [-0.05, 0) is 55.7 Å². The zero-order valence-electron chi connectivity index (χ0n) is 17.2. The SMILES string of the molecule is Cc1ccc(C)c(NC(=O)CCc2nc(CSc3nc4ccc(C)cc4[nH]3)no2)c1. The normalized spacial score (nSPS) is 11.2. The number of imidazole rings is 1. The van der Waals surface area contributed by atoms with Crippen molar-refractivity contribution in [1.29, 1.82) is 0 Å². The molecule has 0 fully saturated rings. The Morgan fingerprint density at radius 1 is 1.10 bits per heavy atom. The Labute approximate surface area is 178 Å². The van der Waals surface area contributed by atoms with Crippen LogP contribution in [0.1, 0.15) is 34.8 Å². The molecular formula is C22H23N5O2S. The van der Waals surface area contributed by atoms with Crippen LogP contribution in [0.5, 0.6) is 0 Å². The number of carbonyl (C=O) groups is 1. The fourth-order valence-corrected chi connectivity index (χ4v) is 3.78. The lowest BCUT2D eigenvalue weighted by Gasteiger charge is -2.08. The van der Waals surface area contributed by atoms with Gasteiger partial charge in [0.2, 0.25) is 11.8 Å². The van der Waals surface area contributed by atoms with Gasteiger partial charge in [0.1, 0.15) is 0 Å². The highest BCUT2D eigenvalue weighted by Crippen LogP contribution is 2.23. The monoisotopic (exact) mass is 421 g/mol. The number of aromatic amines is 1. The van der Waals surface area contributed by atoms with Crippen LogP contribution in [-0.2, 0) is 17.0 Å². The van der Waals surface area contributed by atoms with Crippen molar-refractivity contribution < 1.29 is 9.32 Å². The van der Waals surface area contributed by atoms with Crippen molar-refractivity contribution in [3.63, 3.8) is 0 Å². The molecule has 0 spiro atoms. The lowest BCUT2D eigenvalue weighted by molar-refractivity contribution is -0.116. The van der Waals surface area contributed by atoms with Crippen LogP contribution < -0.4 is 5.32 Å². The second-order valence-electron chi connectivity index (χ2n) is 7.32. The number of hydrogen-bond donors (Lipinski definition) is 2. The predicted molar refractivity (Wildman–Crippen MR) is 118 cm³/mol. The molecule has 0 atom stereocenters. The van der Waals surface area contributed by atoms with Gasteiger partial charge in [0.25, 0.3) is 0 Å². The summed E-state index contributed by atoms with van der Waals surface area (Å²) >= 11 is 1.52. The predicted octanol–water partition coefficient (Wildman–Crippen LogP) is 4.73. The van der Waals surface area contributed by atoms with Crippen LogP contribution in [0.3, 0.4) is 0 Å². The third-order valence-electron chi connectivity index (χ3n) is 4.70. The minimum Gasteiger partial charge on any atom is -0.339 e. The van der Waals surface area contributed by atoms with E-state index >= 15 is 0 Å². The summed E-state index contributed by atoms with van der Waals surface area (Å²) in [6.07, 6.45) is 0.684. The van der Waals surface area contributed by atoms with Crippen molar-refractivity contribution in [2.75, 3.05) is 5.32 Å². The highest BCUT2D eigenvalue weighted by molar-refractivity contribution is 7.98. The number of aromatic nitrogens is 4. The number of anilines is 1. The Balaban J connectivity index is 1.29. The summed E-state index contributed by atoms with van der Waals surface area (Å²) in [6.45, 7) is 6.02. The van der Waals surface area contributed by atoms with Crippen LogP contribution in [0, 0.1) is 20.8 Å². The first-order valence-corrected chi connectivity index (χ1v) is 10.7. The summed E-state index contributed by atoms with van der Waals surface area (Å²) in [7, 11) is 0. The van der Waals surface area contributed by atoms with E-state index in [0.717, 1.165) is 33.0 Å². The zero-order chi connectivity index (χ0) is 21.1. The largest absolute Gasteiger partial charge is 0.339 e. The molecule has 0 aliphatic heterocycles. The molecule has 0 saturated heterocycles. The van der Waals surface area contributed by atoms with Gasteiger partial charge in [0, 0.05) is 18.5 Å². The van der Waals surface area contributed by atoms with Crippen molar-refractivity contribution in [3.8, 4) is 0 Å². The van der Waals surface area contributed by atoms with Crippen molar-refractivity contribution in [1.82, 2.24) is 20.1 Å². The molecular weight excluding hydrogens is 398 g/mol. The van der Waals surface area contributed by atoms with E-state index in [4.69, 9.17) is 4.52 Å². The molecule has 0 aliphatic rings. The molecule has 2 aromatic heterocycles. The summed E-state index contributed by atoms with van der Waals surface area (Å²) in [5, 5.41) is 7.77. The van der Waals surface area contributed by atoms with E-state index in [2.05, 4.69) is 38.4 Å². The number of hydrogen-bond acceptors (Lipinski definition) is 6. The van der Waals surface area contributed by atoms with E-state index in [1.165, 1.54) is 17.3 Å². The van der Waals surface area contributed by atoms with E-state index < -0.39 is 0 Å². The van der Waals surface area contributed by atoms with E-state index in [1.807, 2.05) is 44.2 Å². The van der Waals surface area contributed by atoms with E-state index in [-0.39, 0.29) is 12.3 Å². The van der Waals surface area contributed by atoms with Crippen molar-refractivity contribution in [2.24, 2.45) is 0 Å². The Hall–Kier alpha value is -3.13. The standard InChI is InChI=1S/C22H23N5O2S/c1-13-4-6-15(3)17(10-13)23-20(28)8-9-21-26-19(27-29-21)12-30-22-24-16-7-5-14(2)11-18(16)25-22/h4-7,10-11H,8-9,12H2,1-3H3,(H,23,28)(H,24,25). The van der Waals surface area contributed by atoms with E-state index in [9.17, 15) is 4.79 Å². The Morgan fingerprint density at radius 3 is 2.77 bits per heavy atom. The van der Waals surface area contributed by atoms with Crippen LogP contribution >= 0.6 is 11.8 Å². The first-order valence-electron chi connectivity index (χ1n) is 9.74. The Kier molecular flexibility index (Phi) is 5.85. The second-order valence-corrected chi connectivity index (χ2v) is 8.29.